The summed E-state index contributed by atoms with van der Waals surface area (Å²) in [5.41, 5.74) is -0.487. The summed E-state index contributed by atoms with van der Waals surface area (Å²) in [5, 5.41) is 15.1. The number of nitro groups is 1. The summed E-state index contributed by atoms with van der Waals surface area (Å²) in [5.74, 6) is -1.24. The maximum atomic E-state index is 12.8. The quantitative estimate of drug-likeness (QED) is 0.560. The van der Waals surface area contributed by atoms with Crippen LogP contribution in [0.1, 0.15) is 17.5 Å². The second-order valence-electron chi connectivity index (χ2n) is 6.33. The molecule has 1 unspecified atom stereocenters. The van der Waals surface area contributed by atoms with Gasteiger partial charge in [-0.25, -0.2) is 0 Å². The zero-order valence-corrected chi connectivity index (χ0v) is 15.7. The van der Waals surface area contributed by atoms with Crippen molar-refractivity contribution in [2.75, 3.05) is 10.6 Å². The molecule has 7 nitrogen and oxygen atoms in total. The summed E-state index contributed by atoms with van der Waals surface area (Å²) in [6.07, 6.45) is -4.84. The van der Waals surface area contributed by atoms with Gasteiger partial charge in [0.15, 0.2) is 0 Å². The highest BCUT2D eigenvalue weighted by molar-refractivity contribution is 8.01. The molecule has 1 aliphatic rings. The van der Waals surface area contributed by atoms with Crippen molar-refractivity contribution in [3.8, 4) is 0 Å². The summed E-state index contributed by atoms with van der Waals surface area (Å²) in [6, 6.07) is 7.28. The number of nitro benzene ring substituents is 1. The van der Waals surface area contributed by atoms with E-state index in [0.29, 0.717) is 10.5 Å². The first kappa shape index (κ1) is 20.6. The van der Waals surface area contributed by atoms with Crippen LogP contribution in [-0.4, -0.2) is 22.0 Å². The summed E-state index contributed by atoms with van der Waals surface area (Å²) in [6.45, 7) is 1.67. The average molecular weight is 425 g/mol. The molecule has 0 aromatic heterocycles. The van der Waals surface area contributed by atoms with E-state index in [-0.39, 0.29) is 23.5 Å². The van der Waals surface area contributed by atoms with Crippen LogP contribution in [0.2, 0.25) is 0 Å². The number of rotatable bonds is 4. The van der Waals surface area contributed by atoms with E-state index in [9.17, 15) is 32.9 Å². The molecule has 0 fully saturated rings. The summed E-state index contributed by atoms with van der Waals surface area (Å²) >= 11 is 0.962. The predicted molar refractivity (Wildman–Crippen MR) is 101 cm³/mol. The molecule has 1 aliphatic heterocycles. The Balaban J connectivity index is 1.73. The van der Waals surface area contributed by atoms with Crippen LogP contribution in [0.15, 0.2) is 41.3 Å². The topological polar surface area (TPSA) is 101 Å². The first-order valence-corrected chi connectivity index (χ1v) is 9.16. The Kier molecular flexibility index (Phi) is 5.51. The van der Waals surface area contributed by atoms with Crippen molar-refractivity contribution in [1.82, 2.24) is 0 Å². The Bertz CT molecular complexity index is 1010. The molecule has 0 saturated heterocycles. The third-order valence-electron chi connectivity index (χ3n) is 4.12. The summed E-state index contributed by atoms with van der Waals surface area (Å²) in [4.78, 5) is 35.4. The SMILES string of the molecule is Cc1ccc(NC(=O)CC2Sc3ccc(C(F)(F)F)cc3NC2=O)c([N+](=O)[O-])c1. The molecule has 0 spiro atoms. The normalized spacial score (nSPS) is 16.0. The molecule has 1 atom stereocenters. The van der Waals surface area contributed by atoms with Crippen molar-refractivity contribution in [2.24, 2.45) is 0 Å². The highest BCUT2D eigenvalue weighted by Gasteiger charge is 2.34. The number of thioether (sulfide) groups is 1. The fraction of sp³-hybridized carbons (Fsp3) is 0.222. The van der Waals surface area contributed by atoms with E-state index in [4.69, 9.17) is 0 Å². The zero-order chi connectivity index (χ0) is 21.3. The predicted octanol–water partition coefficient (Wildman–Crippen LogP) is 4.36. The van der Waals surface area contributed by atoms with Gasteiger partial charge in [0.05, 0.1) is 21.4 Å². The largest absolute Gasteiger partial charge is 0.416 e. The number of aryl methyl sites for hydroxylation is 1. The number of fused-ring (bicyclic) bond motifs is 1. The third-order valence-corrected chi connectivity index (χ3v) is 5.40. The minimum absolute atomic E-state index is 0.00189. The molecule has 0 aliphatic carbocycles. The van der Waals surface area contributed by atoms with Gasteiger partial charge >= 0.3 is 6.18 Å². The Hall–Kier alpha value is -3.08. The molecule has 3 rings (SSSR count). The van der Waals surface area contributed by atoms with Gasteiger partial charge in [0.2, 0.25) is 11.8 Å². The first-order valence-electron chi connectivity index (χ1n) is 8.28. The molecule has 2 aromatic rings. The fourth-order valence-corrected chi connectivity index (χ4v) is 3.82. The monoisotopic (exact) mass is 425 g/mol. The van der Waals surface area contributed by atoms with Gasteiger partial charge in [-0.1, -0.05) is 6.07 Å². The van der Waals surface area contributed by atoms with Gasteiger partial charge in [0.1, 0.15) is 5.69 Å². The minimum atomic E-state index is -4.54. The molecular weight excluding hydrogens is 411 g/mol. The number of nitrogens with one attached hydrogen (secondary N) is 2. The van der Waals surface area contributed by atoms with Crippen LogP contribution in [0.5, 0.6) is 0 Å². The molecular formula is C18H14F3N3O4S. The van der Waals surface area contributed by atoms with E-state index in [1.807, 2.05) is 0 Å². The number of hydrogen-bond donors (Lipinski definition) is 2. The molecule has 0 bridgehead atoms. The van der Waals surface area contributed by atoms with Gasteiger partial charge in [-0.2, -0.15) is 13.2 Å². The lowest BCUT2D eigenvalue weighted by Gasteiger charge is -2.24. The molecule has 11 heteroatoms. The van der Waals surface area contributed by atoms with E-state index in [1.165, 1.54) is 18.2 Å². The third kappa shape index (κ3) is 4.67. The van der Waals surface area contributed by atoms with Gasteiger partial charge < -0.3 is 10.6 Å². The maximum absolute atomic E-state index is 12.8. The van der Waals surface area contributed by atoms with E-state index in [2.05, 4.69) is 10.6 Å². The lowest BCUT2D eigenvalue weighted by Crippen LogP contribution is -2.32. The number of nitrogens with zero attached hydrogens (tertiary/aromatic N) is 1. The van der Waals surface area contributed by atoms with Crippen LogP contribution >= 0.6 is 11.8 Å². The van der Waals surface area contributed by atoms with Crippen LogP contribution < -0.4 is 10.6 Å². The standard InChI is InChI=1S/C18H14F3N3O4S/c1-9-2-4-11(13(6-9)24(27)28)22-16(25)8-15-17(26)23-12-7-10(18(19,20)21)3-5-14(12)29-15/h2-7,15H,8H2,1H3,(H,22,25)(H,23,26). The number of amides is 2. The Morgan fingerprint density at radius 1 is 1.28 bits per heavy atom. The van der Waals surface area contributed by atoms with Crippen molar-refractivity contribution in [1.29, 1.82) is 0 Å². The number of anilines is 2. The van der Waals surface area contributed by atoms with Crippen LogP contribution in [0, 0.1) is 17.0 Å². The zero-order valence-electron chi connectivity index (χ0n) is 14.9. The maximum Gasteiger partial charge on any atom is 0.416 e. The molecule has 1 heterocycles. The van der Waals surface area contributed by atoms with Crippen molar-refractivity contribution in [3.63, 3.8) is 0 Å². The lowest BCUT2D eigenvalue weighted by molar-refractivity contribution is -0.384. The number of carbonyl (C=O) groups excluding carboxylic acids is 2. The molecule has 0 radical (unpaired) electrons. The smallest absolute Gasteiger partial charge is 0.324 e. The minimum Gasteiger partial charge on any atom is -0.324 e. The molecule has 0 saturated carbocycles. The second kappa shape index (κ2) is 7.74. The second-order valence-corrected chi connectivity index (χ2v) is 7.58. The Morgan fingerprint density at radius 2 is 2.00 bits per heavy atom. The van der Waals surface area contributed by atoms with Gasteiger partial charge in [-0.3, -0.25) is 19.7 Å². The summed E-state index contributed by atoms with van der Waals surface area (Å²) < 4.78 is 38.4. The van der Waals surface area contributed by atoms with E-state index < -0.39 is 33.7 Å². The van der Waals surface area contributed by atoms with Crippen molar-refractivity contribution in [3.05, 3.63) is 57.6 Å². The van der Waals surface area contributed by atoms with Crippen molar-refractivity contribution in [2.45, 2.75) is 29.7 Å². The van der Waals surface area contributed by atoms with Crippen LogP contribution in [-0.2, 0) is 15.8 Å². The number of alkyl halides is 3. The highest BCUT2D eigenvalue weighted by Crippen LogP contribution is 2.40. The highest BCUT2D eigenvalue weighted by atomic mass is 32.2. The Morgan fingerprint density at radius 3 is 2.66 bits per heavy atom. The van der Waals surface area contributed by atoms with Crippen LogP contribution in [0.4, 0.5) is 30.2 Å². The van der Waals surface area contributed by atoms with E-state index in [0.717, 1.165) is 23.9 Å². The van der Waals surface area contributed by atoms with Gasteiger partial charge in [0, 0.05) is 17.4 Å². The number of carbonyl (C=O) groups is 2. The number of benzene rings is 2. The van der Waals surface area contributed by atoms with Crippen LogP contribution in [0.25, 0.3) is 0 Å². The molecule has 2 N–H and O–H groups in total. The van der Waals surface area contributed by atoms with Gasteiger partial charge in [0.25, 0.3) is 5.69 Å². The first-order chi connectivity index (χ1) is 13.5. The molecule has 29 heavy (non-hydrogen) atoms. The molecule has 152 valence electrons. The molecule has 2 aromatic carbocycles. The van der Waals surface area contributed by atoms with E-state index in [1.54, 1.807) is 13.0 Å². The lowest BCUT2D eigenvalue weighted by atomic mass is 10.1. The van der Waals surface area contributed by atoms with Gasteiger partial charge in [-0.15, -0.1) is 11.8 Å². The Labute approximate surface area is 166 Å². The number of halogens is 3. The van der Waals surface area contributed by atoms with E-state index >= 15 is 0 Å². The van der Waals surface area contributed by atoms with Crippen molar-refractivity contribution >= 4 is 40.6 Å². The van der Waals surface area contributed by atoms with Crippen molar-refractivity contribution < 1.29 is 27.7 Å². The van der Waals surface area contributed by atoms with Gasteiger partial charge in [-0.05, 0) is 36.8 Å². The van der Waals surface area contributed by atoms with Crippen LogP contribution in [0.3, 0.4) is 0 Å². The summed E-state index contributed by atoms with van der Waals surface area (Å²) in [7, 11) is 0. The fourth-order valence-electron chi connectivity index (χ4n) is 2.73. The average Bonchev–Trinajstić information content (AvgIpc) is 2.62. The molecule has 2 amide bonds. The number of hydrogen-bond acceptors (Lipinski definition) is 5.